The third-order valence-corrected chi connectivity index (χ3v) is 6.37. The van der Waals surface area contributed by atoms with Crippen LogP contribution in [0.1, 0.15) is 27.5 Å². The summed E-state index contributed by atoms with van der Waals surface area (Å²) in [5, 5.41) is 22.0. The summed E-state index contributed by atoms with van der Waals surface area (Å²) in [7, 11) is 2.08. The van der Waals surface area contributed by atoms with Crippen LogP contribution in [0.5, 0.6) is 0 Å². The Balaban J connectivity index is 1.64. The van der Waals surface area contributed by atoms with E-state index in [0.29, 0.717) is 11.1 Å². The predicted molar refractivity (Wildman–Crippen MR) is 126 cm³/mol. The van der Waals surface area contributed by atoms with Crippen LogP contribution < -0.4 is 5.32 Å². The van der Waals surface area contributed by atoms with Gasteiger partial charge in [-0.15, -0.1) is 0 Å². The van der Waals surface area contributed by atoms with E-state index in [1.165, 1.54) is 12.1 Å². The van der Waals surface area contributed by atoms with Crippen molar-refractivity contribution in [2.45, 2.75) is 6.04 Å². The zero-order valence-corrected chi connectivity index (χ0v) is 18.5. The van der Waals surface area contributed by atoms with Gasteiger partial charge in [-0.05, 0) is 60.1 Å². The molecule has 3 heterocycles. The molecule has 0 radical (unpaired) electrons. The van der Waals surface area contributed by atoms with Gasteiger partial charge in [0.15, 0.2) is 0 Å². The van der Waals surface area contributed by atoms with Crippen LogP contribution >= 0.6 is 0 Å². The number of nitrogens with zero attached hydrogens (tertiary/aromatic N) is 4. The maximum atomic E-state index is 14.3. The number of halogens is 1. The highest BCUT2D eigenvalue weighted by atomic mass is 19.1. The molecule has 5 rings (SSSR count). The minimum atomic E-state index is -1.30. The van der Waals surface area contributed by atoms with Gasteiger partial charge in [0.1, 0.15) is 11.5 Å². The maximum Gasteiger partial charge on any atom is 0.338 e. The zero-order chi connectivity index (χ0) is 23.8. The van der Waals surface area contributed by atoms with Gasteiger partial charge in [-0.25, -0.2) is 14.2 Å². The minimum absolute atomic E-state index is 0.100. The van der Waals surface area contributed by atoms with Gasteiger partial charge in [0.25, 0.3) is 0 Å². The summed E-state index contributed by atoms with van der Waals surface area (Å²) in [6, 6.07) is 15.8. The van der Waals surface area contributed by atoms with E-state index in [-0.39, 0.29) is 11.6 Å². The van der Waals surface area contributed by atoms with Crippen LogP contribution in [0.4, 0.5) is 4.39 Å². The van der Waals surface area contributed by atoms with Crippen molar-refractivity contribution >= 4 is 11.6 Å². The topological polar surface area (TPSA) is 93.7 Å². The summed E-state index contributed by atoms with van der Waals surface area (Å²) in [5.41, 5.74) is 5.13. The van der Waals surface area contributed by atoms with Gasteiger partial charge in [-0.3, -0.25) is 9.30 Å². The summed E-state index contributed by atoms with van der Waals surface area (Å²) in [4.78, 5) is 18.0. The van der Waals surface area contributed by atoms with Gasteiger partial charge in [-0.2, -0.15) is 5.26 Å². The Bertz CT molecular complexity index is 1460. The maximum absolute atomic E-state index is 14.3. The van der Waals surface area contributed by atoms with Crippen molar-refractivity contribution in [3.63, 3.8) is 0 Å². The van der Waals surface area contributed by atoms with Crippen LogP contribution in [0.2, 0.25) is 0 Å². The number of hydrogen-bond acceptors (Lipinski definition) is 5. The SMILES string of the molecule is CN1CCNCC1c1cc(C#N)ccc1-c1cnc2ccc(-c3ccc(C(=O)O)c(F)c3)cn12. The number of piperazine rings is 1. The van der Waals surface area contributed by atoms with Crippen molar-refractivity contribution < 1.29 is 14.3 Å². The standard InChI is InChI=1S/C26H22FN5O2/c1-31-9-8-29-13-23(31)21-10-16(12-28)2-5-19(21)24-14-30-25-7-4-18(15-32(24)25)17-3-6-20(26(33)34)22(27)11-17/h2-7,10-11,14-15,23,29H,8-9,13H2,1H3,(H,33,34). The number of aromatic nitrogens is 2. The average Bonchev–Trinajstić information content (AvgIpc) is 3.27. The molecular weight excluding hydrogens is 433 g/mol. The molecule has 1 fully saturated rings. The smallest absolute Gasteiger partial charge is 0.338 e. The Labute approximate surface area is 195 Å². The van der Waals surface area contributed by atoms with Crippen molar-refractivity contribution in [2.24, 2.45) is 0 Å². The molecule has 170 valence electrons. The molecule has 1 aliphatic heterocycles. The van der Waals surface area contributed by atoms with Gasteiger partial charge >= 0.3 is 5.97 Å². The Morgan fingerprint density at radius 2 is 2.03 bits per heavy atom. The lowest BCUT2D eigenvalue weighted by Crippen LogP contribution is -2.44. The van der Waals surface area contributed by atoms with Gasteiger partial charge in [-0.1, -0.05) is 12.1 Å². The van der Waals surface area contributed by atoms with Gasteiger partial charge in [0, 0.05) is 37.4 Å². The molecule has 0 saturated carbocycles. The molecule has 0 spiro atoms. The number of carboxylic acid groups (broad SMARTS) is 1. The number of benzene rings is 2. The number of likely N-dealkylation sites (N-methyl/N-ethyl adjacent to an activating group) is 1. The second kappa shape index (κ2) is 8.71. The number of rotatable bonds is 4. The highest BCUT2D eigenvalue weighted by molar-refractivity contribution is 5.88. The molecule has 34 heavy (non-hydrogen) atoms. The predicted octanol–water partition coefficient (Wildman–Crippen LogP) is 3.95. The summed E-state index contributed by atoms with van der Waals surface area (Å²) in [5.74, 6) is -2.08. The number of carboxylic acids is 1. The molecule has 0 bridgehead atoms. The second-order valence-electron chi connectivity index (χ2n) is 8.40. The zero-order valence-electron chi connectivity index (χ0n) is 18.5. The molecule has 1 aliphatic rings. The van der Waals surface area contributed by atoms with E-state index in [2.05, 4.69) is 28.3 Å². The molecule has 2 aromatic heterocycles. The van der Waals surface area contributed by atoms with Crippen LogP contribution in [-0.2, 0) is 0 Å². The molecule has 2 N–H and O–H groups in total. The number of nitriles is 1. The van der Waals surface area contributed by atoms with E-state index in [4.69, 9.17) is 5.11 Å². The quantitative estimate of drug-likeness (QED) is 0.484. The van der Waals surface area contributed by atoms with Crippen molar-refractivity contribution in [3.05, 3.63) is 83.4 Å². The fourth-order valence-electron chi connectivity index (χ4n) is 4.51. The van der Waals surface area contributed by atoms with Crippen molar-refractivity contribution in [1.29, 1.82) is 5.26 Å². The van der Waals surface area contributed by atoms with Crippen LogP contribution in [-0.4, -0.2) is 52.0 Å². The molecule has 2 aromatic carbocycles. The molecule has 8 heteroatoms. The molecule has 7 nitrogen and oxygen atoms in total. The van der Waals surface area contributed by atoms with E-state index < -0.39 is 11.8 Å². The van der Waals surface area contributed by atoms with Crippen LogP contribution in [0.15, 0.2) is 60.9 Å². The Hall–Kier alpha value is -4.06. The first-order valence-electron chi connectivity index (χ1n) is 10.9. The minimum Gasteiger partial charge on any atom is -0.478 e. The fraction of sp³-hybridized carbons (Fsp3) is 0.192. The number of hydrogen-bond donors (Lipinski definition) is 2. The molecule has 1 unspecified atom stereocenters. The third kappa shape index (κ3) is 3.81. The average molecular weight is 455 g/mol. The van der Waals surface area contributed by atoms with Gasteiger partial charge in [0.05, 0.1) is 29.1 Å². The lowest BCUT2D eigenvalue weighted by atomic mass is 9.94. The molecule has 0 aliphatic carbocycles. The fourth-order valence-corrected chi connectivity index (χ4v) is 4.51. The number of pyridine rings is 1. The van der Waals surface area contributed by atoms with Crippen LogP contribution in [0.25, 0.3) is 28.0 Å². The summed E-state index contributed by atoms with van der Waals surface area (Å²) >= 11 is 0. The van der Waals surface area contributed by atoms with Gasteiger partial charge in [0.2, 0.25) is 0 Å². The van der Waals surface area contributed by atoms with E-state index in [0.717, 1.165) is 47.7 Å². The van der Waals surface area contributed by atoms with E-state index in [9.17, 15) is 14.4 Å². The summed E-state index contributed by atoms with van der Waals surface area (Å²) in [6.07, 6.45) is 3.67. The van der Waals surface area contributed by atoms with Crippen LogP contribution in [0.3, 0.4) is 0 Å². The number of carbonyl (C=O) groups is 1. The molecule has 0 amide bonds. The van der Waals surface area contributed by atoms with E-state index >= 15 is 0 Å². The number of aromatic carboxylic acids is 1. The number of nitrogens with one attached hydrogen (secondary N) is 1. The highest BCUT2D eigenvalue weighted by Gasteiger charge is 2.25. The van der Waals surface area contributed by atoms with E-state index in [1.807, 2.05) is 34.9 Å². The van der Waals surface area contributed by atoms with Gasteiger partial charge < -0.3 is 10.4 Å². The lowest BCUT2D eigenvalue weighted by Gasteiger charge is -2.34. The van der Waals surface area contributed by atoms with Crippen molar-refractivity contribution in [1.82, 2.24) is 19.6 Å². The largest absolute Gasteiger partial charge is 0.478 e. The first-order chi connectivity index (χ1) is 16.5. The first kappa shape index (κ1) is 21.8. The molecule has 4 aromatic rings. The second-order valence-corrected chi connectivity index (χ2v) is 8.40. The number of fused-ring (bicyclic) bond motifs is 1. The normalized spacial score (nSPS) is 16.4. The van der Waals surface area contributed by atoms with E-state index in [1.54, 1.807) is 18.3 Å². The first-order valence-corrected chi connectivity index (χ1v) is 10.9. The monoisotopic (exact) mass is 455 g/mol. The third-order valence-electron chi connectivity index (χ3n) is 6.37. The highest BCUT2D eigenvalue weighted by Crippen LogP contribution is 2.34. The molecule has 1 saturated heterocycles. The Morgan fingerprint density at radius 1 is 1.21 bits per heavy atom. The summed E-state index contributed by atoms with van der Waals surface area (Å²) < 4.78 is 16.3. The molecular formula is C26H22FN5O2. The van der Waals surface area contributed by atoms with Crippen molar-refractivity contribution in [3.8, 4) is 28.5 Å². The van der Waals surface area contributed by atoms with Crippen LogP contribution in [0, 0.1) is 17.1 Å². The molecule has 1 atom stereocenters. The Morgan fingerprint density at radius 3 is 2.76 bits per heavy atom. The Kier molecular flexibility index (Phi) is 5.57. The van der Waals surface area contributed by atoms with Crippen molar-refractivity contribution in [2.75, 3.05) is 26.7 Å². The lowest BCUT2D eigenvalue weighted by molar-refractivity contribution is 0.0692. The number of imidazole rings is 1. The summed E-state index contributed by atoms with van der Waals surface area (Å²) in [6.45, 7) is 2.59.